The van der Waals surface area contributed by atoms with E-state index < -0.39 is 66.7 Å². The number of aliphatic hydroxyl groups excluding tert-OH is 1. The van der Waals surface area contributed by atoms with Crippen LogP contribution in [0.3, 0.4) is 0 Å². The van der Waals surface area contributed by atoms with Crippen molar-refractivity contribution in [1.29, 1.82) is 0 Å². The second kappa shape index (κ2) is 17.6. The van der Waals surface area contributed by atoms with E-state index >= 15 is 0 Å². The van der Waals surface area contributed by atoms with Gasteiger partial charge in [0.1, 0.15) is 18.2 Å². The number of hydrogen-bond donors (Lipinski definition) is 2. The van der Waals surface area contributed by atoms with Crippen molar-refractivity contribution in [2.45, 2.75) is 190 Å². The zero-order chi connectivity index (χ0) is 43.2. The van der Waals surface area contributed by atoms with Crippen LogP contribution in [0.15, 0.2) is 0 Å². The molecule has 0 aromatic heterocycles. The molecule has 332 valence electrons. The first-order chi connectivity index (χ1) is 27.0. The Morgan fingerprint density at radius 1 is 0.862 bits per heavy atom. The predicted molar refractivity (Wildman–Crippen MR) is 218 cm³/mol. The Balaban J connectivity index is 1.56. The molecule has 12 nitrogen and oxygen atoms in total. The quantitative estimate of drug-likeness (QED) is 0.104. The van der Waals surface area contributed by atoms with E-state index in [9.17, 15) is 24.3 Å². The van der Waals surface area contributed by atoms with Crippen molar-refractivity contribution < 1.29 is 52.7 Å². The third-order valence-corrected chi connectivity index (χ3v) is 17.3. The van der Waals surface area contributed by atoms with Crippen LogP contribution in [0.25, 0.3) is 0 Å². The number of aliphatic hydroxyl groups is 1. The highest BCUT2D eigenvalue weighted by atomic mass is 16.7. The molecule has 4 saturated carbocycles. The second-order valence-corrected chi connectivity index (χ2v) is 20.5. The minimum atomic E-state index is -0.972. The lowest BCUT2D eigenvalue weighted by atomic mass is 9.34. The summed E-state index contributed by atoms with van der Waals surface area (Å²) in [7, 11) is 1.30. The van der Waals surface area contributed by atoms with Crippen molar-refractivity contribution in [2.24, 2.45) is 57.2 Å². The number of nitrogens with one attached hydrogen (secondary N) is 1. The van der Waals surface area contributed by atoms with Gasteiger partial charge in [-0.05, 0) is 123 Å². The lowest BCUT2D eigenvalue weighted by Gasteiger charge is -2.71. The van der Waals surface area contributed by atoms with Gasteiger partial charge in [-0.25, -0.2) is 0 Å². The lowest BCUT2D eigenvalue weighted by Crippen LogP contribution is -2.66. The first-order valence-corrected chi connectivity index (χ1v) is 22.3. The molecule has 1 aliphatic heterocycles. The Hall–Kier alpha value is -2.28. The molecule has 0 spiro atoms. The number of hydrogen-bond acceptors (Lipinski definition) is 12. The first kappa shape index (κ1) is 46.8. The van der Waals surface area contributed by atoms with Crippen LogP contribution in [0.2, 0.25) is 0 Å². The van der Waals surface area contributed by atoms with Crippen LogP contribution in [0.5, 0.6) is 0 Å². The van der Waals surface area contributed by atoms with Crippen molar-refractivity contribution in [3.63, 3.8) is 0 Å². The van der Waals surface area contributed by atoms with E-state index in [1.165, 1.54) is 47.1 Å². The smallest absolute Gasteiger partial charge is 0.325 e. The summed E-state index contributed by atoms with van der Waals surface area (Å²) in [5, 5.41) is 13.1. The summed E-state index contributed by atoms with van der Waals surface area (Å²) in [5.74, 6) is -0.683. The van der Waals surface area contributed by atoms with Crippen molar-refractivity contribution in [3.05, 3.63) is 0 Å². The Morgan fingerprint density at radius 2 is 1.48 bits per heavy atom. The summed E-state index contributed by atoms with van der Waals surface area (Å²) >= 11 is 0. The number of fused-ring (bicyclic) bond motifs is 5. The zero-order valence-electron chi connectivity index (χ0n) is 37.9. The SMILES string of the molecule is CC[C@H]1O[C@H](O[C@@](C)(CCCN[C@@H](CO)C(=O)OC)C2CC[C@]3(C)[C@@H]2C(OC(C)=O)CC2[C@@]4(C)CC[C@H](C)C(C)(C)C4CC[C@]23C)[C@H](OC(C)=O)[C@@H](C)[C@@H]1OC(C)=O. The number of ether oxygens (including phenoxy) is 6. The number of rotatable bonds is 14. The third kappa shape index (κ3) is 8.35. The lowest BCUT2D eigenvalue weighted by molar-refractivity contribution is -0.327. The van der Waals surface area contributed by atoms with Crippen LogP contribution < -0.4 is 5.32 Å². The summed E-state index contributed by atoms with van der Waals surface area (Å²) in [4.78, 5) is 50.4. The molecule has 58 heavy (non-hydrogen) atoms. The fourth-order valence-electron chi connectivity index (χ4n) is 13.9. The van der Waals surface area contributed by atoms with Gasteiger partial charge >= 0.3 is 23.9 Å². The first-order valence-electron chi connectivity index (χ1n) is 22.3. The standard InChI is InChI=1S/C46H77NO11/c1-14-33-38(55-29(5)50)27(3)39(56-30(6)51)41(57-33)58-46(12,19-15-23-47-32(25-48)40(52)53-13)31-17-21-45(11)37(31)34(54-28(4)49)24-36-43(9)20-16-26(2)42(7,8)35(43)18-22-44(36,45)10/h26-27,31-39,41,47-48H,14-25H2,1-13H3/t26-,27-,31?,32-,33+,34?,35?,36?,37-,38-,39+,41+,43-,44+,45+,46-/m0/s1. The molecule has 2 N–H and O–H groups in total. The van der Waals surface area contributed by atoms with Gasteiger partial charge in [0.15, 0.2) is 12.4 Å². The van der Waals surface area contributed by atoms with Crippen LogP contribution in [0.1, 0.15) is 147 Å². The number of esters is 4. The van der Waals surface area contributed by atoms with Gasteiger partial charge in [-0.1, -0.05) is 55.4 Å². The van der Waals surface area contributed by atoms with E-state index in [1.807, 2.05) is 13.8 Å². The molecule has 12 heteroatoms. The molecule has 0 aromatic carbocycles. The molecule has 4 unspecified atom stereocenters. The van der Waals surface area contributed by atoms with Gasteiger partial charge in [0, 0.05) is 32.6 Å². The molecule has 5 fully saturated rings. The van der Waals surface area contributed by atoms with Gasteiger partial charge in [0.2, 0.25) is 0 Å². The van der Waals surface area contributed by atoms with E-state index in [2.05, 4.69) is 53.8 Å². The zero-order valence-corrected chi connectivity index (χ0v) is 37.9. The molecule has 1 heterocycles. The van der Waals surface area contributed by atoms with Crippen LogP contribution in [0, 0.1) is 57.2 Å². The summed E-state index contributed by atoms with van der Waals surface area (Å²) in [6.45, 7) is 25.2. The molecule has 5 aliphatic rings. The Labute approximate surface area is 348 Å². The Kier molecular flexibility index (Phi) is 14.2. The topological polar surface area (TPSA) is 156 Å². The summed E-state index contributed by atoms with van der Waals surface area (Å²) in [5.41, 5.74) is -0.753. The van der Waals surface area contributed by atoms with Gasteiger partial charge in [-0.3, -0.25) is 19.2 Å². The average Bonchev–Trinajstić information content (AvgIpc) is 3.53. The Bertz CT molecular complexity index is 1500. The van der Waals surface area contributed by atoms with Gasteiger partial charge in [-0.2, -0.15) is 0 Å². The number of carbonyl (C=O) groups excluding carboxylic acids is 4. The van der Waals surface area contributed by atoms with Gasteiger partial charge in [0.25, 0.3) is 0 Å². The fraction of sp³-hybridized carbons (Fsp3) is 0.913. The maximum Gasteiger partial charge on any atom is 0.325 e. The average molecular weight is 820 g/mol. The molecule has 0 aromatic rings. The van der Waals surface area contributed by atoms with Crippen LogP contribution in [-0.4, -0.2) is 91.6 Å². The van der Waals surface area contributed by atoms with E-state index in [-0.39, 0.29) is 45.6 Å². The van der Waals surface area contributed by atoms with Gasteiger partial charge in [-0.15, -0.1) is 0 Å². The highest BCUT2D eigenvalue weighted by Crippen LogP contribution is 2.76. The maximum atomic E-state index is 13.1. The van der Waals surface area contributed by atoms with Gasteiger partial charge in [0.05, 0.1) is 25.4 Å². The number of carbonyl (C=O) groups is 4. The van der Waals surface area contributed by atoms with Crippen molar-refractivity contribution in [2.75, 3.05) is 20.3 Å². The van der Waals surface area contributed by atoms with Crippen molar-refractivity contribution in [1.82, 2.24) is 5.32 Å². The van der Waals surface area contributed by atoms with Crippen molar-refractivity contribution in [3.8, 4) is 0 Å². The van der Waals surface area contributed by atoms with Crippen molar-refractivity contribution >= 4 is 23.9 Å². The predicted octanol–water partition coefficient (Wildman–Crippen LogP) is 7.16. The van der Waals surface area contributed by atoms with E-state index in [0.29, 0.717) is 43.6 Å². The highest BCUT2D eigenvalue weighted by Gasteiger charge is 2.72. The molecular weight excluding hydrogens is 743 g/mol. The maximum absolute atomic E-state index is 13.1. The normalized spacial score (nSPS) is 42.1. The summed E-state index contributed by atoms with van der Waals surface area (Å²) in [6.07, 6.45) is 5.60. The molecule has 0 bridgehead atoms. The minimum absolute atomic E-state index is 0.0109. The molecular formula is C46H77NO11. The fourth-order valence-corrected chi connectivity index (χ4v) is 13.9. The largest absolute Gasteiger partial charge is 0.468 e. The summed E-state index contributed by atoms with van der Waals surface area (Å²) < 4.78 is 37.2. The van der Waals surface area contributed by atoms with Crippen LogP contribution >= 0.6 is 0 Å². The van der Waals surface area contributed by atoms with Crippen LogP contribution in [0.4, 0.5) is 0 Å². The van der Waals surface area contributed by atoms with E-state index in [4.69, 9.17) is 28.4 Å². The molecule has 5 rings (SSSR count). The van der Waals surface area contributed by atoms with Crippen LogP contribution in [-0.2, 0) is 47.6 Å². The minimum Gasteiger partial charge on any atom is -0.468 e. The third-order valence-electron chi connectivity index (χ3n) is 17.3. The molecule has 0 amide bonds. The van der Waals surface area contributed by atoms with E-state index in [1.54, 1.807) is 0 Å². The second-order valence-electron chi connectivity index (χ2n) is 20.5. The molecule has 16 atom stereocenters. The monoisotopic (exact) mass is 820 g/mol. The Morgan fingerprint density at radius 3 is 2.07 bits per heavy atom. The highest BCUT2D eigenvalue weighted by molar-refractivity contribution is 5.75. The molecule has 0 radical (unpaired) electrons. The number of methoxy groups -OCH3 is 1. The summed E-state index contributed by atoms with van der Waals surface area (Å²) in [6, 6.07) is -0.862. The van der Waals surface area contributed by atoms with E-state index in [0.717, 1.165) is 25.7 Å². The van der Waals surface area contributed by atoms with Gasteiger partial charge < -0.3 is 38.8 Å². The molecule has 1 saturated heterocycles. The molecule has 4 aliphatic carbocycles.